The summed E-state index contributed by atoms with van der Waals surface area (Å²) in [4.78, 5) is 41.5. The van der Waals surface area contributed by atoms with Crippen LogP contribution in [0.3, 0.4) is 0 Å². The Morgan fingerprint density at radius 2 is 1.50 bits per heavy atom. The molecule has 0 radical (unpaired) electrons. The largest absolute Gasteiger partial charge is 0.496 e. The van der Waals surface area contributed by atoms with Gasteiger partial charge in [-0.1, -0.05) is 12.1 Å². The van der Waals surface area contributed by atoms with Crippen LogP contribution in [-0.2, 0) is 6.42 Å². The van der Waals surface area contributed by atoms with Gasteiger partial charge >= 0.3 is 0 Å². The maximum Gasteiger partial charge on any atom is 0.261 e. The summed E-state index contributed by atoms with van der Waals surface area (Å²) in [6, 6.07) is 11.9. The highest BCUT2D eigenvalue weighted by atomic mass is 16.5. The van der Waals surface area contributed by atoms with Crippen molar-refractivity contribution in [1.29, 1.82) is 0 Å². The third-order valence-electron chi connectivity index (χ3n) is 4.94. The van der Waals surface area contributed by atoms with Crippen molar-refractivity contribution in [2.75, 3.05) is 20.8 Å². The van der Waals surface area contributed by atoms with Crippen molar-refractivity contribution < 1.29 is 19.1 Å². The molecule has 0 unspecified atom stereocenters. The quantitative estimate of drug-likeness (QED) is 0.689. The van der Waals surface area contributed by atoms with Crippen molar-refractivity contribution in [2.45, 2.75) is 6.42 Å². The zero-order valence-electron chi connectivity index (χ0n) is 15.4. The molecule has 0 atom stereocenters. The standard InChI is InChI=1S/C21H18N2O5/c1-27-16-7-8-17(28-2)18-15(16)11-12(19(24)22-18)9-10-23-20(25)13-5-3-4-6-14(13)21(23)26/h3-8,11H,9-10H2,1-2H3,(H,22,24). The first-order valence-electron chi connectivity index (χ1n) is 8.77. The lowest BCUT2D eigenvalue weighted by Gasteiger charge is -2.14. The lowest BCUT2D eigenvalue weighted by Crippen LogP contribution is -2.32. The molecule has 1 aromatic heterocycles. The van der Waals surface area contributed by atoms with Crippen LogP contribution >= 0.6 is 0 Å². The number of ether oxygens (including phenoxy) is 2. The van der Waals surface area contributed by atoms with Gasteiger partial charge in [-0.15, -0.1) is 0 Å². The Balaban J connectivity index is 1.66. The first-order chi connectivity index (χ1) is 13.5. The van der Waals surface area contributed by atoms with Gasteiger partial charge < -0.3 is 14.5 Å². The molecule has 142 valence electrons. The second kappa shape index (κ2) is 6.84. The van der Waals surface area contributed by atoms with E-state index in [2.05, 4.69) is 4.98 Å². The number of H-pyrrole nitrogens is 1. The Hall–Kier alpha value is -3.61. The number of pyridine rings is 1. The summed E-state index contributed by atoms with van der Waals surface area (Å²) in [7, 11) is 3.07. The Labute approximate surface area is 160 Å². The van der Waals surface area contributed by atoms with Crippen LogP contribution in [0.25, 0.3) is 10.9 Å². The van der Waals surface area contributed by atoms with Gasteiger partial charge in [0.15, 0.2) is 0 Å². The Morgan fingerprint density at radius 3 is 2.11 bits per heavy atom. The van der Waals surface area contributed by atoms with Crippen LogP contribution < -0.4 is 15.0 Å². The predicted molar refractivity (Wildman–Crippen MR) is 103 cm³/mol. The summed E-state index contributed by atoms with van der Waals surface area (Å²) >= 11 is 0. The topological polar surface area (TPSA) is 88.7 Å². The number of nitrogens with zero attached hydrogens (tertiary/aromatic N) is 1. The van der Waals surface area contributed by atoms with Crippen LogP contribution in [-0.4, -0.2) is 42.5 Å². The second-order valence-corrected chi connectivity index (χ2v) is 6.44. The van der Waals surface area contributed by atoms with Gasteiger partial charge in [-0.25, -0.2) is 0 Å². The molecule has 7 nitrogen and oxygen atoms in total. The molecule has 0 spiro atoms. The molecule has 1 aliphatic rings. The lowest BCUT2D eigenvalue weighted by molar-refractivity contribution is 0.0656. The van der Waals surface area contributed by atoms with Crippen molar-refractivity contribution >= 4 is 22.7 Å². The molecule has 3 aromatic rings. The first kappa shape index (κ1) is 17.8. The maximum atomic E-state index is 12.5. The minimum atomic E-state index is -0.336. The number of aromatic amines is 1. The maximum absolute atomic E-state index is 12.5. The number of fused-ring (bicyclic) bond motifs is 2. The number of methoxy groups -OCH3 is 2. The molecule has 0 saturated carbocycles. The molecule has 2 heterocycles. The fourth-order valence-electron chi connectivity index (χ4n) is 3.49. The van der Waals surface area contributed by atoms with Crippen molar-refractivity contribution in [1.82, 2.24) is 9.88 Å². The minimum absolute atomic E-state index is 0.118. The number of benzene rings is 2. The molecule has 7 heteroatoms. The number of carbonyl (C=O) groups excluding carboxylic acids is 2. The van der Waals surface area contributed by atoms with E-state index >= 15 is 0 Å². The third-order valence-corrected chi connectivity index (χ3v) is 4.94. The summed E-state index contributed by atoms with van der Waals surface area (Å²) in [6.45, 7) is 0.118. The van der Waals surface area contributed by atoms with E-state index in [0.29, 0.717) is 39.1 Å². The number of nitrogens with one attached hydrogen (secondary N) is 1. The monoisotopic (exact) mass is 378 g/mol. The number of hydrogen-bond acceptors (Lipinski definition) is 5. The SMILES string of the molecule is COc1ccc(OC)c2[nH]c(=O)c(CCN3C(=O)c4ccccc4C3=O)cc12. The molecular weight excluding hydrogens is 360 g/mol. The van der Waals surface area contributed by atoms with Crippen molar-refractivity contribution in [3.05, 3.63) is 69.5 Å². The Morgan fingerprint density at radius 1 is 0.893 bits per heavy atom. The van der Waals surface area contributed by atoms with Crippen molar-refractivity contribution in [2.24, 2.45) is 0 Å². The average molecular weight is 378 g/mol. The first-order valence-corrected chi connectivity index (χ1v) is 8.77. The van der Waals surface area contributed by atoms with E-state index in [1.807, 2.05) is 0 Å². The van der Waals surface area contributed by atoms with Crippen LogP contribution in [0.2, 0.25) is 0 Å². The van der Waals surface area contributed by atoms with Gasteiger partial charge in [0.2, 0.25) is 0 Å². The van der Waals surface area contributed by atoms with Crippen LogP contribution in [0.1, 0.15) is 26.3 Å². The number of carbonyl (C=O) groups is 2. The Kier molecular flexibility index (Phi) is 4.35. The molecule has 1 N–H and O–H groups in total. The molecule has 28 heavy (non-hydrogen) atoms. The number of rotatable bonds is 5. The molecule has 2 aromatic carbocycles. The van der Waals surface area contributed by atoms with Crippen LogP contribution in [0, 0.1) is 0 Å². The molecule has 0 bridgehead atoms. The molecule has 0 fully saturated rings. The van der Waals surface area contributed by atoms with Crippen LogP contribution in [0.15, 0.2) is 47.3 Å². The fourth-order valence-corrected chi connectivity index (χ4v) is 3.49. The van der Waals surface area contributed by atoms with Crippen LogP contribution in [0.4, 0.5) is 0 Å². The molecular formula is C21H18N2O5. The van der Waals surface area contributed by atoms with E-state index < -0.39 is 0 Å². The van der Waals surface area contributed by atoms with Crippen molar-refractivity contribution in [3.8, 4) is 11.5 Å². The number of imide groups is 1. The van der Waals surface area contributed by atoms with E-state index in [1.54, 1.807) is 49.6 Å². The summed E-state index contributed by atoms with van der Waals surface area (Å²) < 4.78 is 10.7. The van der Waals surface area contributed by atoms with E-state index in [0.717, 1.165) is 0 Å². The van der Waals surface area contributed by atoms with Gasteiger partial charge in [0.05, 0.1) is 30.9 Å². The lowest BCUT2D eigenvalue weighted by atomic mass is 10.1. The summed E-state index contributed by atoms with van der Waals surface area (Å²) in [5.74, 6) is 0.447. The minimum Gasteiger partial charge on any atom is -0.496 e. The molecule has 2 amide bonds. The molecule has 1 aliphatic heterocycles. The van der Waals surface area contributed by atoms with E-state index in [4.69, 9.17) is 9.47 Å². The molecule has 0 aliphatic carbocycles. The normalized spacial score (nSPS) is 13.1. The average Bonchev–Trinajstić information content (AvgIpc) is 2.96. The fraction of sp³-hybridized carbons (Fsp3) is 0.190. The highest BCUT2D eigenvalue weighted by Gasteiger charge is 2.34. The number of aromatic nitrogens is 1. The van der Waals surface area contributed by atoms with Crippen molar-refractivity contribution in [3.63, 3.8) is 0 Å². The van der Waals surface area contributed by atoms with E-state index in [-0.39, 0.29) is 30.3 Å². The van der Waals surface area contributed by atoms with Gasteiger partial charge in [0.25, 0.3) is 17.4 Å². The van der Waals surface area contributed by atoms with E-state index in [1.165, 1.54) is 12.0 Å². The summed E-state index contributed by atoms with van der Waals surface area (Å²) in [5, 5.41) is 0.693. The Bertz CT molecular complexity index is 1130. The summed E-state index contributed by atoms with van der Waals surface area (Å²) in [5.41, 5.74) is 1.49. The zero-order chi connectivity index (χ0) is 19.8. The highest BCUT2D eigenvalue weighted by molar-refractivity contribution is 6.21. The van der Waals surface area contributed by atoms with Gasteiger partial charge in [0, 0.05) is 17.5 Å². The third kappa shape index (κ3) is 2.72. The number of hydrogen-bond donors (Lipinski definition) is 1. The zero-order valence-corrected chi connectivity index (χ0v) is 15.4. The van der Waals surface area contributed by atoms with E-state index in [9.17, 15) is 14.4 Å². The van der Waals surface area contributed by atoms with Gasteiger partial charge in [-0.2, -0.15) is 0 Å². The summed E-state index contributed by atoms with van der Waals surface area (Å²) in [6.07, 6.45) is 0.233. The predicted octanol–water partition coefficient (Wildman–Crippen LogP) is 2.38. The van der Waals surface area contributed by atoms with Gasteiger partial charge in [-0.05, 0) is 36.8 Å². The van der Waals surface area contributed by atoms with Crippen LogP contribution in [0.5, 0.6) is 11.5 Å². The number of amides is 2. The molecule has 0 saturated heterocycles. The molecule has 4 rings (SSSR count). The smallest absolute Gasteiger partial charge is 0.261 e. The van der Waals surface area contributed by atoms with Gasteiger partial charge in [0.1, 0.15) is 11.5 Å². The highest BCUT2D eigenvalue weighted by Crippen LogP contribution is 2.31. The van der Waals surface area contributed by atoms with Gasteiger partial charge in [-0.3, -0.25) is 19.3 Å². The second-order valence-electron chi connectivity index (χ2n) is 6.44.